The molecule has 2 aromatic rings. The fraction of sp³-hybridized carbons (Fsp3) is 0.455. The molecule has 1 aliphatic heterocycles. The maximum absolute atomic E-state index is 14.3. The van der Waals surface area contributed by atoms with Crippen molar-refractivity contribution < 1.29 is 4.57 Å². The number of rotatable bonds is 5. The summed E-state index contributed by atoms with van der Waals surface area (Å²) in [6.45, 7) is 2.40. The summed E-state index contributed by atoms with van der Waals surface area (Å²) in [7, 11) is -2.85. The SMILES string of the molecule is O=P(N[C@H]1CCCCC1N1CCCC1)(c1ccccc1)c1ccccc1. The Kier molecular flexibility index (Phi) is 5.59. The minimum Gasteiger partial charge on any atom is -0.299 e. The Hall–Kier alpha value is -1.41. The van der Waals surface area contributed by atoms with Crippen molar-refractivity contribution in [1.29, 1.82) is 0 Å². The Balaban J connectivity index is 1.67. The summed E-state index contributed by atoms with van der Waals surface area (Å²) >= 11 is 0. The lowest BCUT2D eigenvalue weighted by Crippen LogP contribution is -2.51. The first-order chi connectivity index (χ1) is 12.8. The van der Waals surface area contributed by atoms with E-state index in [0.29, 0.717) is 12.1 Å². The molecule has 0 aromatic heterocycles. The van der Waals surface area contributed by atoms with Gasteiger partial charge in [0.15, 0.2) is 0 Å². The highest BCUT2D eigenvalue weighted by atomic mass is 31.2. The predicted octanol–water partition coefficient (Wildman–Crippen LogP) is 3.91. The van der Waals surface area contributed by atoms with Crippen LogP contribution in [-0.2, 0) is 4.57 Å². The van der Waals surface area contributed by atoms with E-state index in [-0.39, 0.29) is 0 Å². The molecule has 3 nitrogen and oxygen atoms in total. The average molecular weight is 368 g/mol. The fourth-order valence-corrected chi connectivity index (χ4v) is 7.13. The topological polar surface area (TPSA) is 32.3 Å². The van der Waals surface area contributed by atoms with Gasteiger partial charge in [0.25, 0.3) is 0 Å². The Labute approximate surface area is 157 Å². The van der Waals surface area contributed by atoms with Crippen molar-refractivity contribution in [3.05, 3.63) is 60.7 Å². The largest absolute Gasteiger partial charge is 0.299 e. The van der Waals surface area contributed by atoms with Crippen LogP contribution in [0.1, 0.15) is 38.5 Å². The lowest BCUT2D eigenvalue weighted by atomic mass is 9.90. The Morgan fingerprint density at radius 1 is 0.769 bits per heavy atom. The third kappa shape index (κ3) is 3.67. The summed E-state index contributed by atoms with van der Waals surface area (Å²) in [6, 6.07) is 20.8. The van der Waals surface area contributed by atoms with Crippen molar-refractivity contribution in [3.8, 4) is 0 Å². The maximum Gasteiger partial charge on any atom is 0.204 e. The highest BCUT2D eigenvalue weighted by Gasteiger charge is 2.37. The van der Waals surface area contributed by atoms with Gasteiger partial charge in [-0.1, -0.05) is 49.2 Å². The molecule has 0 bridgehead atoms. The number of nitrogens with zero attached hydrogens (tertiary/aromatic N) is 1. The van der Waals surface area contributed by atoms with Crippen LogP contribution in [0.25, 0.3) is 0 Å². The Morgan fingerprint density at radius 3 is 1.88 bits per heavy atom. The molecule has 2 aliphatic rings. The van der Waals surface area contributed by atoms with Crippen molar-refractivity contribution >= 4 is 17.9 Å². The second-order valence-electron chi connectivity index (χ2n) is 7.61. The van der Waals surface area contributed by atoms with Crippen LogP contribution in [0.15, 0.2) is 60.7 Å². The van der Waals surface area contributed by atoms with Crippen molar-refractivity contribution in [1.82, 2.24) is 9.99 Å². The van der Waals surface area contributed by atoms with E-state index in [1.165, 1.54) is 45.2 Å². The first-order valence-corrected chi connectivity index (χ1v) is 11.7. The first-order valence-electron chi connectivity index (χ1n) is 10.0. The molecule has 1 unspecified atom stereocenters. The molecule has 4 heteroatoms. The molecule has 4 rings (SSSR count). The number of benzene rings is 2. The zero-order valence-corrected chi connectivity index (χ0v) is 16.3. The summed E-state index contributed by atoms with van der Waals surface area (Å²) in [5.74, 6) is 0. The molecule has 1 saturated carbocycles. The molecule has 0 radical (unpaired) electrons. The molecule has 0 amide bonds. The van der Waals surface area contributed by atoms with Gasteiger partial charge in [-0.3, -0.25) is 14.6 Å². The van der Waals surface area contributed by atoms with Crippen LogP contribution in [0.4, 0.5) is 0 Å². The van der Waals surface area contributed by atoms with E-state index in [1.807, 2.05) is 60.7 Å². The summed E-state index contributed by atoms with van der Waals surface area (Å²) < 4.78 is 14.3. The monoisotopic (exact) mass is 368 g/mol. The predicted molar refractivity (Wildman–Crippen MR) is 110 cm³/mol. The normalized spacial score (nSPS) is 24.6. The number of hydrogen-bond donors (Lipinski definition) is 1. The van der Waals surface area contributed by atoms with Crippen molar-refractivity contribution in [3.63, 3.8) is 0 Å². The summed E-state index contributed by atoms with van der Waals surface area (Å²) in [4.78, 5) is 2.64. The van der Waals surface area contributed by atoms with Crippen LogP contribution in [0, 0.1) is 0 Å². The molecule has 2 atom stereocenters. The van der Waals surface area contributed by atoms with Crippen LogP contribution in [-0.4, -0.2) is 30.1 Å². The van der Waals surface area contributed by atoms with Crippen LogP contribution in [0.5, 0.6) is 0 Å². The van der Waals surface area contributed by atoms with Gasteiger partial charge in [0.05, 0.1) is 0 Å². The second-order valence-corrected chi connectivity index (χ2v) is 10.1. The van der Waals surface area contributed by atoms with Crippen LogP contribution in [0.3, 0.4) is 0 Å². The van der Waals surface area contributed by atoms with Gasteiger partial charge in [0.1, 0.15) is 0 Å². The van der Waals surface area contributed by atoms with E-state index in [1.54, 1.807) is 0 Å². The quantitative estimate of drug-likeness (QED) is 0.812. The van der Waals surface area contributed by atoms with Crippen molar-refractivity contribution in [2.75, 3.05) is 13.1 Å². The molecule has 1 N–H and O–H groups in total. The fourth-order valence-electron chi connectivity index (χ4n) is 4.58. The molecule has 1 aliphatic carbocycles. The van der Waals surface area contributed by atoms with Gasteiger partial charge in [-0.2, -0.15) is 0 Å². The molecule has 1 saturated heterocycles. The van der Waals surface area contributed by atoms with Crippen molar-refractivity contribution in [2.24, 2.45) is 0 Å². The van der Waals surface area contributed by atoms with Crippen LogP contribution < -0.4 is 15.7 Å². The van der Waals surface area contributed by atoms with E-state index < -0.39 is 7.29 Å². The Bertz CT molecular complexity index is 700. The van der Waals surface area contributed by atoms with Gasteiger partial charge in [0, 0.05) is 22.7 Å². The summed E-state index contributed by atoms with van der Waals surface area (Å²) in [5, 5.41) is 5.53. The number of hydrogen-bond acceptors (Lipinski definition) is 2. The van der Waals surface area contributed by atoms with Gasteiger partial charge in [-0.05, 0) is 63.0 Å². The molecule has 1 heterocycles. The minimum absolute atomic E-state index is 0.299. The minimum atomic E-state index is -2.85. The average Bonchev–Trinajstić information content (AvgIpc) is 3.24. The maximum atomic E-state index is 14.3. The highest BCUT2D eigenvalue weighted by Crippen LogP contribution is 2.42. The van der Waals surface area contributed by atoms with Gasteiger partial charge in [0.2, 0.25) is 7.29 Å². The first kappa shape index (κ1) is 18.0. The summed E-state index contributed by atoms with van der Waals surface area (Å²) in [6.07, 6.45) is 7.47. The van der Waals surface area contributed by atoms with Gasteiger partial charge < -0.3 is 0 Å². The van der Waals surface area contributed by atoms with Gasteiger partial charge in [-0.15, -0.1) is 0 Å². The van der Waals surface area contributed by atoms with Crippen molar-refractivity contribution in [2.45, 2.75) is 50.6 Å². The molecular weight excluding hydrogens is 339 g/mol. The smallest absolute Gasteiger partial charge is 0.204 e. The molecule has 2 fully saturated rings. The lowest BCUT2D eigenvalue weighted by molar-refractivity contribution is 0.160. The van der Waals surface area contributed by atoms with E-state index in [4.69, 9.17) is 0 Å². The zero-order valence-electron chi connectivity index (χ0n) is 15.4. The number of likely N-dealkylation sites (tertiary alicyclic amines) is 1. The van der Waals surface area contributed by atoms with Crippen LogP contribution in [0.2, 0.25) is 0 Å². The van der Waals surface area contributed by atoms with E-state index >= 15 is 0 Å². The lowest BCUT2D eigenvalue weighted by Gasteiger charge is -2.40. The third-order valence-electron chi connectivity index (χ3n) is 5.93. The molecule has 2 aromatic carbocycles. The molecular formula is C22H29N2OP. The highest BCUT2D eigenvalue weighted by molar-refractivity contribution is 7.76. The molecule has 26 heavy (non-hydrogen) atoms. The number of nitrogens with one attached hydrogen (secondary N) is 1. The third-order valence-corrected chi connectivity index (χ3v) is 8.67. The summed E-state index contributed by atoms with van der Waals surface area (Å²) in [5.41, 5.74) is 0. The Morgan fingerprint density at radius 2 is 1.31 bits per heavy atom. The second kappa shape index (κ2) is 8.08. The molecule has 0 spiro atoms. The van der Waals surface area contributed by atoms with E-state index in [9.17, 15) is 4.57 Å². The zero-order chi connectivity index (χ0) is 17.8. The van der Waals surface area contributed by atoms with Crippen LogP contribution >= 0.6 is 7.29 Å². The van der Waals surface area contributed by atoms with E-state index in [0.717, 1.165) is 17.0 Å². The van der Waals surface area contributed by atoms with E-state index in [2.05, 4.69) is 9.99 Å². The standard InChI is InChI=1S/C22H29N2OP/c25-26(19-11-3-1-4-12-19,20-13-5-2-6-14-20)23-21-15-7-8-16-22(21)24-17-9-10-18-24/h1-6,11-14,21-22H,7-10,15-18H2,(H,23,25)/t21-,22?/m0/s1. The molecule has 138 valence electrons. The van der Waals surface area contributed by atoms with Gasteiger partial charge >= 0.3 is 0 Å². The van der Waals surface area contributed by atoms with Gasteiger partial charge in [-0.25, -0.2) is 0 Å².